The van der Waals surface area contributed by atoms with Gasteiger partial charge in [0.2, 0.25) is 47.3 Å². The zero-order valence-corrected chi connectivity index (χ0v) is 64.9. The summed E-state index contributed by atoms with van der Waals surface area (Å²) in [5.41, 5.74) is 18.9. The van der Waals surface area contributed by atoms with Gasteiger partial charge in [-0.1, -0.05) is 159 Å². The average molecular weight is 1570 g/mol. The van der Waals surface area contributed by atoms with Crippen LogP contribution in [-0.2, 0) is 114 Å². The molecule has 1 aliphatic rings. The van der Waals surface area contributed by atoms with Crippen LogP contribution < -0.4 is 54.0 Å². The number of aromatic nitrogens is 7. The number of hydrogen-bond donors (Lipinski definition) is 13. The maximum absolute atomic E-state index is 14.8. The number of aryl methyl sites for hydroxylation is 2. The Kier molecular flexibility index (Phi) is 33.6. The first-order chi connectivity index (χ1) is 54.5. The monoisotopic (exact) mass is 1570 g/mol. The van der Waals surface area contributed by atoms with Crippen molar-refractivity contribution in [3.8, 4) is 0 Å². The van der Waals surface area contributed by atoms with Crippen molar-refractivity contribution in [2.75, 3.05) is 26.2 Å². The lowest BCUT2D eigenvalue weighted by atomic mass is 9.87. The fourth-order valence-corrected chi connectivity index (χ4v) is 13.6. The minimum absolute atomic E-state index is 0.0143. The van der Waals surface area contributed by atoms with Crippen molar-refractivity contribution in [1.29, 1.82) is 0 Å². The molecule has 1 unspecified atom stereocenters. The summed E-state index contributed by atoms with van der Waals surface area (Å²) in [6, 6.07) is 27.5. The number of carbonyl (C=O) groups excluding carboxylic acids is 11. The topological polar surface area (TPSA) is 488 Å². The summed E-state index contributed by atoms with van der Waals surface area (Å²) in [6.07, 6.45) is 6.17. The van der Waals surface area contributed by atoms with Crippen LogP contribution in [0.15, 0.2) is 133 Å². The predicted molar refractivity (Wildman–Crippen MR) is 421 cm³/mol. The van der Waals surface area contributed by atoms with Crippen LogP contribution in [-0.4, -0.2) is 184 Å². The number of unbranched alkanes of at least 4 members (excludes halogenated alkanes) is 1. The van der Waals surface area contributed by atoms with E-state index in [4.69, 9.17) is 16.6 Å². The highest BCUT2D eigenvalue weighted by Crippen LogP contribution is 2.28. The number of fused-ring (bicyclic) bond motifs is 2. The SMILES string of the molecule is CC(C)C[C@@H](CC(=O)[C@@H](CC(C)C)NC(=O)CCC(=O)C(N)Cc1cn(C)nn1)C(=O)NCC(=O)C[C@H](Cc1ccccc1)C(=O)NC[C@@H](CCCCn1cc(C[C@@H](N)C(=O)N[C@H](Cc2ccccc2)C(=O)N[C@H](CC2=Cc3ccccc3C2)C(=O)N[C@H](Cc2cc3ccccc3[nH]2)C(=O)NCC(=O)NCC(=O)O)nn1)C(=O)O. The van der Waals surface area contributed by atoms with Gasteiger partial charge >= 0.3 is 11.9 Å². The number of benzene rings is 4. The molecule has 0 aliphatic heterocycles. The molecule has 0 radical (unpaired) electrons. The van der Waals surface area contributed by atoms with Gasteiger partial charge in [-0.3, -0.25) is 71.7 Å². The lowest BCUT2D eigenvalue weighted by molar-refractivity contribution is -0.142. The number of nitrogens with one attached hydrogen (secondary N) is 9. The number of hydrogen-bond acceptors (Lipinski definition) is 19. The van der Waals surface area contributed by atoms with Crippen molar-refractivity contribution in [3.05, 3.63) is 173 Å². The normalized spacial score (nSPS) is 14.1. The Morgan fingerprint density at radius 3 is 1.78 bits per heavy atom. The number of carboxylic acid groups (broad SMARTS) is 2. The van der Waals surface area contributed by atoms with E-state index in [9.17, 15) is 67.4 Å². The van der Waals surface area contributed by atoms with Crippen LogP contribution in [0.4, 0.5) is 0 Å². The summed E-state index contributed by atoms with van der Waals surface area (Å²) in [7, 11) is 1.69. The number of Topliss-reactive ketones (excluding diaryl/α,β-unsaturated/α-hetero) is 3. The Morgan fingerprint density at radius 2 is 1.12 bits per heavy atom. The van der Waals surface area contributed by atoms with Gasteiger partial charge in [-0.25, -0.2) is 0 Å². The van der Waals surface area contributed by atoms with Crippen LogP contribution in [0.5, 0.6) is 0 Å². The summed E-state index contributed by atoms with van der Waals surface area (Å²) in [5.74, 6) is -12.1. The summed E-state index contributed by atoms with van der Waals surface area (Å²) >= 11 is 0. The number of H-pyrrole nitrogens is 1. The van der Waals surface area contributed by atoms with Crippen molar-refractivity contribution in [3.63, 3.8) is 0 Å². The molecule has 8 rings (SSSR count). The van der Waals surface area contributed by atoms with Crippen LogP contribution >= 0.6 is 0 Å². The van der Waals surface area contributed by atoms with Gasteiger partial charge in [0, 0.05) is 107 Å². The third kappa shape index (κ3) is 29.0. The van der Waals surface area contributed by atoms with Gasteiger partial charge in [0.15, 0.2) is 11.6 Å². The minimum Gasteiger partial charge on any atom is -0.481 e. The molecule has 0 fully saturated rings. The molecule has 15 N–H and O–H groups in total. The van der Waals surface area contributed by atoms with E-state index in [-0.39, 0.29) is 120 Å². The first kappa shape index (κ1) is 87.6. The van der Waals surface area contributed by atoms with Gasteiger partial charge in [-0.15, -0.1) is 10.2 Å². The molecule has 4 aromatic carbocycles. The Labute approximate surface area is 660 Å². The van der Waals surface area contributed by atoms with E-state index in [1.165, 1.54) is 9.36 Å². The van der Waals surface area contributed by atoms with E-state index in [2.05, 4.69) is 68.1 Å². The second-order valence-electron chi connectivity index (χ2n) is 30.0. The molecule has 9 atom stereocenters. The highest BCUT2D eigenvalue weighted by Gasteiger charge is 2.35. The second kappa shape index (κ2) is 43.8. The molecule has 0 spiro atoms. The average Bonchev–Trinajstić information content (AvgIpc) is 1.60. The second-order valence-corrected chi connectivity index (χ2v) is 30.0. The number of carbonyl (C=O) groups is 13. The molecule has 3 aromatic heterocycles. The molecular formula is C82H105N17O15. The van der Waals surface area contributed by atoms with Crippen molar-refractivity contribution >= 4 is 93.5 Å². The predicted octanol–water partition coefficient (Wildman–Crippen LogP) is 3.04. The molecule has 1 aliphatic carbocycles. The molecule has 0 saturated heterocycles. The quantitative estimate of drug-likeness (QED) is 0.0244. The first-order valence-electron chi connectivity index (χ1n) is 38.5. The highest BCUT2D eigenvalue weighted by atomic mass is 16.4. The van der Waals surface area contributed by atoms with E-state index in [0.29, 0.717) is 41.9 Å². The number of para-hydroxylation sites is 1. The van der Waals surface area contributed by atoms with E-state index in [0.717, 1.165) is 33.2 Å². The molecule has 8 amide bonds. The fourth-order valence-electron chi connectivity index (χ4n) is 13.6. The molecule has 32 nitrogen and oxygen atoms in total. The summed E-state index contributed by atoms with van der Waals surface area (Å²) in [6.45, 7) is 5.82. The molecule has 32 heteroatoms. The number of carboxylic acids is 2. The number of nitrogens with zero attached hydrogens (tertiary/aromatic N) is 6. The molecule has 0 bridgehead atoms. The van der Waals surface area contributed by atoms with Crippen LogP contribution in [0.3, 0.4) is 0 Å². The van der Waals surface area contributed by atoms with Gasteiger partial charge in [-0.05, 0) is 96.6 Å². The van der Waals surface area contributed by atoms with Crippen molar-refractivity contribution < 1.29 is 72.5 Å². The lowest BCUT2D eigenvalue weighted by Gasteiger charge is -2.26. The zero-order chi connectivity index (χ0) is 82.4. The van der Waals surface area contributed by atoms with Gasteiger partial charge in [0.1, 0.15) is 30.5 Å². The molecular weight excluding hydrogens is 1460 g/mol. The van der Waals surface area contributed by atoms with Gasteiger partial charge in [0.05, 0.1) is 48.5 Å². The number of rotatable bonds is 49. The first-order valence-corrected chi connectivity index (χ1v) is 38.5. The lowest BCUT2D eigenvalue weighted by Crippen LogP contribution is -2.59. The number of nitrogens with two attached hydrogens (primary N) is 2. The molecule has 3 heterocycles. The van der Waals surface area contributed by atoms with Crippen molar-refractivity contribution in [1.82, 2.24) is 77.5 Å². The number of aromatic amines is 1. The van der Waals surface area contributed by atoms with Crippen LogP contribution in [0.25, 0.3) is 17.0 Å². The van der Waals surface area contributed by atoms with E-state index < -0.39 is 139 Å². The van der Waals surface area contributed by atoms with Gasteiger partial charge in [-0.2, -0.15) is 0 Å². The molecule has 7 aromatic rings. The Hall–Kier alpha value is -11.9. The standard InChI is InChI=1S/C82H105N17O15/c1-49(2)30-58(39-72(102)67(31-50(3)4)90-73(103)28-27-71(101)64(83)40-61-47-98(5)96-94-61)76(107)87-44-63(100)38-59(32-51-18-8-6-9-19-51)77(108)86-43-57(82(113)114)25-16-17-29-99-48-62(95-97-99)41-65(84)78(109)91-68(35-52-20-10-7-11-21-52)80(111)92-69(36-53-33-54-22-12-13-23-55(54)34-53)81(112)93-70(79(110)88-45-74(104)85-46-75(105)106)42-60-37-56-24-14-15-26-66(56)89-60/h6-15,18-24,26,33,37,47-50,57-59,64-65,67-70,89H,16-17,25,27-32,34-36,38-46,83-84H2,1-5H3,(H,85,104)(H,86,108)(H,87,107)(H,88,110)(H,90,103)(H,91,109)(H,92,111)(H,93,112)(H,105,106)(H,113,114)/t57-,58+,59+,64?,65-,67-,68-,69-,70-/m1/s1. The Balaban J connectivity index is 0.838. The van der Waals surface area contributed by atoms with E-state index >= 15 is 0 Å². The van der Waals surface area contributed by atoms with Crippen LogP contribution in [0.2, 0.25) is 0 Å². The smallest absolute Gasteiger partial charge is 0.322 e. The van der Waals surface area contributed by atoms with E-state index in [1.807, 2.05) is 88.4 Å². The van der Waals surface area contributed by atoms with E-state index in [1.54, 1.807) is 80.1 Å². The Morgan fingerprint density at radius 1 is 0.518 bits per heavy atom. The zero-order valence-electron chi connectivity index (χ0n) is 64.9. The highest BCUT2D eigenvalue weighted by molar-refractivity contribution is 5.98. The van der Waals surface area contributed by atoms with Crippen molar-refractivity contribution in [2.24, 2.45) is 48.1 Å². The van der Waals surface area contributed by atoms with Crippen LogP contribution in [0.1, 0.15) is 131 Å². The van der Waals surface area contributed by atoms with Gasteiger partial charge < -0.3 is 69.2 Å². The minimum atomic E-state index is -1.33. The Bertz CT molecular complexity index is 4480. The fraction of sp³-hybridized carbons (Fsp3) is 0.451. The largest absolute Gasteiger partial charge is 0.481 e. The summed E-state index contributed by atoms with van der Waals surface area (Å²) in [4.78, 5) is 179. The summed E-state index contributed by atoms with van der Waals surface area (Å²) < 4.78 is 3.00. The van der Waals surface area contributed by atoms with Crippen molar-refractivity contribution in [2.45, 2.75) is 173 Å². The molecule has 608 valence electrons. The van der Waals surface area contributed by atoms with Gasteiger partial charge in [0.25, 0.3) is 0 Å². The third-order valence-corrected chi connectivity index (χ3v) is 19.5. The molecule has 0 saturated carbocycles. The maximum Gasteiger partial charge on any atom is 0.322 e. The summed E-state index contributed by atoms with van der Waals surface area (Å²) in [5, 5.41) is 57.8. The number of ketones is 3. The third-order valence-electron chi connectivity index (χ3n) is 19.5. The van der Waals surface area contributed by atoms with Crippen LogP contribution in [0, 0.1) is 29.6 Å². The maximum atomic E-state index is 14.8. The molecule has 114 heavy (non-hydrogen) atoms. The number of aliphatic carboxylic acids is 2. The number of amides is 8.